The molecule has 1 nitrogen and oxygen atoms in total. The smallest absolute Gasteiger partial charge is 0.134 e. The van der Waals surface area contributed by atoms with Crippen LogP contribution in [0.1, 0.15) is 22.7 Å². The molecule has 0 radical (unpaired) electrons. The van der Waals surface area contributed by atoms with E-state index in [2.05, 4.69) is 0 Å². The lowest BCUT2D eigenvalue weighted by molar-refractivity contribution is 0.515. The number of hydrogen-bond acceptors (Lipinski definition) is 1. The Labute approximate surface area is 113 Å². The number of hydrogen-bond donors (Lipinski definition) is 1. The fraction of sp³-hybridized carbons (Fsp3) is 0.143. The number of nitrogens with two attached hydrogens (primary N) is 1. The van der Waals surface area contributed by atoms with Gasteiger partial charge in [0.05, 0.1) is 6.04 Å². The van der Waals surface area contributed by atoms with Crippen LogP contribution in [0.5, 0.6) is 0 Å². The maximum absolute atomic E-state index is 13.7. The van der Waals surface area contributed by atoms with Crippen molar-refractivity contribution >= 4 is 11.6 Å². The minimum absolute atomic E-state index is 0.369. The van der Waals surface area contributed by atoms with Gasteiger partial charge in [-0.3, -0.25) is 0 Å². The highest BCUT2D eigenvalue weighted by atomic mass is 35.5. The van der Waals surface area contributed by atoms with E-state index in [1.807, 2.05) is 0 Å². The first-order valence-corrected chi connectivity index (χ1v) is 5.94. The minimum atomic E-state index is -1.04. The Morgan fingerprint density at radius 3 is 2.21 bits per heavy atom. The van der Waals surface area contributed by atoms with Crippen molar-refractivity contribution in [2.75, 3.05) is 0 Å². The summed E-state index contributed by atoms with van der Waals surface area (Å²) >= 11 is 5.85. The summed E-state index contributed by atoms with van der Waals surface area (Å²) in [4.78, 5) is 0. The minimum Gasteiger partial charge on any atom is -0.320 e. The van der Waals surface area contributed by atoms with Crippen molar-refractivity contribution in [1.82, 2.24) is 0 Å². The van der Waals surface area contributed by atoms with Gasteiger partial charge in [0.1, 0.15) is 17.5 Å². The van der Waals surface area contributed by atoms with Crippen molar-refractivity contribution < 1.29 is 13.2 Å². The molecule has 1 unspecified atom stereocenters. The first-order valence-electron chi connectivity index (χ1n) is 5.56. The normalized spacial score (nSPS) is 12.5. The van der Waals surface area contributed by atoms with Crippen LogP contribution < -0.4 is 5.73 Å². The SMILES string of the molecule is Cc1ccc(Cl)cc1C(N)c1c(F)cc(F)cc1F. The van der Waals surface area contributed by atoms with Crippen molar-refractivity contribution in [3.8, 4) is 0 Å². The van der Waals surface area contributed by atoms with Gasteiger partial charge in [0, 0.05) is 22.7 Å². The van der Waals surface area contributed by atoms with E-state index in [1.54, 1.807) is 25.1 Å². The molecular formula is C14H11ClF3N. The average Bonchev–Trinajstić information content (AvgIpc) is 2.30. The van der Waals surface area contributed by atoms with Crippen molar-refractivity contribution in [2.24, 2.45) is 5.73 Å². The Balaban J connectivity index is 2.56. The summed E-state index contributed by atoms with van der Waals surface area (Å²) < 4.78 is 40.2. The van der Waals surface area contributed by atoms with E-state index < -0.39 is 23.5 Å². The maximum atomic E-state index is 13.7. The molecule has 0 aliphatic rings. The quantitative estimate of drug-likeness (QED) is 0.883. The lowest BCUT2D eigenvalue weighted by Gasteiger charge is -2.17. The standard InChI is InChI=1S/C14H11ClF3N/c1-7-2-3-8(15)4-10(7)14(19)13-11(17)5-9(16)6-12(13)18/h2-6,14H,19H2,1H3. The first kappa shape index (κ1) is 13.9. The maximum Gasteiger partial charge on any atom is 0.134 e. The van der Waals surface area contributed by atoms with Gasteiger partial charge in [-0.25, -0.2) is 13.2 Å². The molecule has 0 aliphatic heterocycles. The molecule has 2 N–H and O–H groups in total. The molecule has 19 heavy (non-hydrogen) atoms. The monoisotopic (exact) mass is 285 g/mol. The summed E-state index contributed by atoms with van der Waals surface area (Å²) in [6.07, 6.45) is 0. The highest BCUT2D eigenvalue weighted by Crippen LogP contribution is 2.29. The molecule has 0 amide bonds. The Morgan fingerprint density at radius 2 is 1.63 bits per heavy atom. The zero-order chi connectivity index (χ0) is 14.2. The van der Waals surface area contributed by atoms with Gasteiger partial charge in [-0.2, -0.15) is 0 Å². The number of benzene rings is 2. The molecule has 0 saturated heterocycles. The largest absolute Gasteiger partial charge is 0.320 e. The molecule has 0 spiro atoms. The van der Waals surface area contributed by atoms with Crippen LogP contribution >= 0.6 is 11.6 Å². The third-order valence-electron chi connectivity index (χ3n) is 2.93. The molecule has 1 atom stereocenters. The Hall–Kier alpha value is -1.52. The third kappa shape index (κ3) is 2.74. The van der Waals surface area contributed by atoms with Crippen LogP contribution in [-0.4, -0.2) is 0 Å². The van der Waals surface area contributed by atoms with Gasteiger partial charge in [0.2, 0.25) is 0 Å². The molecule has 0 aromatic heterocycles. The van der Waals surface area contributed by atoms with Crippen LogP contribution in [-0.2, 0) is 0 Å². The molecule has 2 aromatic carbocycles. The molecule has 0 fully saturated rings. The van der Waals surface area contributed by atoms with Gasteiger partial charge in [0.15, 0.2) is 0 Å². The highest BCUT2D eigenvalue weighted by Gasteiger charge is 2.21. The summed E-state index contributed by atoms with van der Waals surface area (Å²) in [6.45, 7) is 1.75. The van der Waals surface area contributed by atoms with E-state index in [9.17, 15) is 13.2 Å². The summed E-state index contributed by atoms with van der Waals surface area (Å²) in [5.74, 6) is -3.00. The second kappa shape index (κ2) is 5.23. The predicted octanol–water partition coefficient (Wildman–Crippen LogP) is 4.11. The lowest BCUT2D eigenvalue weighted by atomic mass is 9.95. The van der Waals surface area contributed by atoms with E-state index in [4.69, 9.17) is 17.3 Å². The topological polar surface area (TPSA) is 26.0 Å². The zero-order valence-electron chi connectivity index (χ0n) is 10.1. The summed E-state index contributed by atoms with van der Waals surface area (Å²) in [6, 6.07) is 5.08. The van der Waals surface area contributed by atoms with E-state index >= 15 is 0 Å². The third-order valence-corrected chi connectivity index (χ3v) is 3.17. The van der Waals surface area contributed by atoms with Crippen molar-refractivity contribution in [2.45, 2.75) is 13.0 Å². The Kier molecular flexibility index (Phi) is 3.83. The van der Waals surface area contributed by atoms with Crippen LogP contribution in [0.3, 0.4) is 0 Å². The van der Waals surface area contributed by atoms with Gasteiger partial charge < -0.3 is 5.73 Å². The second-order valence-electron chi connectivity index (χ2n) is 4.26. The van der Waals surface area contributed by atoms with Crippen molar-refractivity contribution in [1.29, 1.82) is 0 Å². The van der Waals surface area contributed by atoms with E-state index in [-0.39, 0.29) is 5.56 Å². The summed E-state index contributed by atoms with van der Waals surface area (Å²) in [5.41, 5.74) is 6.76. The Bertz CT molecular complexity index is 605. The van der Waals surface area contributed by atoms with Crippen LogP contribution in [0.15, 0.2) is 30.3 Å². The van der Waals surface area contributed by atoms with Gasteiger partial charge >= 0.3 is 0 Å². The molecule has 2 aromatic rings. The number of halogens is 4. The molecular weight excluding hydrogens is 275 g/mol. The molecule has 0 aliphatic carbocycles. The van der Waals surface area contributed by atoms with Gasteiger partial charge in [-0.1, -0.05) is 17.7 Å². The summed E-state index contributed by atoms with van der Waals surface area (Å²) in [5, 5.41) is 0.416. The van der Waals surface area contributed by atoms with Gasteiger partial charge in [-0.05, 0) is 30.2 Å². The van der Waals surface area contributed by atoms with Crippen LogP contribution in [0, 0.1) is 24.4 Å². The number of rotatable bonds is 2. The molecule has 5 heteroatoms. The predicted molar refractivity (Wildman–Crippen MR) is 68.5 cm³/mol. The Morgan fingerprint density at radius 1 is 1.05 bits per heavy atom. The average molecular weight is 286 g/mol. The van der Waals surface area contributed by atoms with E-state index in [1.165, 1.54) is 0 Å². The van der Waals surface area contributed by atoms with Gasteiger partial charge in [0.25, 0.3) is 0 Å². The molecule has 2 rings (SSSR count). The summed E-state index contributed by atoms with van der Waals surface area (Å²) in [7, 11) is 0. The second-order valence-corrected chi connectivity index (χ2v) is 4.70. The first-order chi connectivity index (χ1) is 8.90. The van der Waals surface area contributed by atoms with E-state index in [0.29, 0.717) is 22.7 Å². The van der Waals surface area contributed by atoms with Crippen molar-refractivity contribution in [3.05, 3.63) is 69.5 Å². The number of aryl methyl sites for hydroxylation is 1. The van der Waals surface area contributed by atoms with Crippen LogP contribution in [0.2, 0.25) is 5.02 Å². The molecule has 100 valence electrons. The van der Waals surface area contributed by atoms with Crippen molar-refractivity contribution in [3.63, 3.8) is 0 Å². The van der Waals surface area contributed by atoms with E-state index in [0.717, 1.165) is 5.56 Å². The molecule has 0 heterocycles. The lowest BCUT2D eigenvalue weighted by Crippen LogP contribution is -2.17. The molecule has 0 bridgehead atoms. The molecule has 0 saturated carbocycles. The highest BCUT2D eigenvalue weighted by molar-refractivity contribution is 6.30. The fourth-order valence-electron chi connectivity index (χ4n) is 1.95. The van der Waals surface area contributed by atoms with Crippen LogP contribution in [0.4, 0.5) is 13.2 Å². The fourth-order valence-corrected chi connectivity index (χ4v) is 2.13. The zero-order valence-corrected chi connectivity index (χ0v) is 10.8. The van der Waals surface area contributed by atoms with Gasteiger partial charge in [-0.15, -0.1) is 0 Å². The van der Waals surface area contributed by atoms with Crippen LogP contribution in [0.25, 0.3) is 0 Å².